The zero-order valence-corrected chi connectivity index (χ0v) is 14.3. The number of aromatic nitrogens is 1. The van der Waals surface area contributed by atoms with Crippen LogP contribution in [0.1, 0.15) is 16.7 Å². The van der Waals surface area contributed by atoms with Gasteiger partial charge in [0, 0.05) is 28.8 Å². The summed E-state index contributed by atoms with van der Waals surface area (Å²) in [7, 11) is 0. The Morgan fingerprint density at radius 1 is 1.12 bits per heavy atom. The molecule has 0 fully saturated rings. The van der Waals surface area contributed by atoms with Crippen LogP contribution in [-0.4, -0.2) is 15.8 Å². The lowest BCUT2D eigenvalue weighted by atomic mass is 10.1. The van der Waals surface area contributed by atoms with E-state index in [0.29, 0.717) is 22.3 Å². The van der Waals surface area contributed by atoms with Crippen molar-refractivity contribution in [2.45, 2.75) is 20.3 Å². The van der Waals surface area contributed by atoms with Gasteiger partial charge in [0.05, 0.1) is 16.9 Å². The number of carbonyl (C=O) groups is 1. The molecule has 2 aromatic carbocycles. The number of nitrogens with one attached hydrogen (secondary N) is 2. The number of pyridine rings is 1. The molecule has 0 saturated carbocycles. The normalized spacial score (nSPS) is 10.7. The van der Waals surface area contributed by atoms with Crippen molar-refractivity contribution in [3.8, 4) is 0 Å². The first kappa shape index (κ1) is 17.3. The van der Waals surface area contributed by atoms with Gasteiger partial charge in [0.25, 0.3) is 11.2 Å². The fourth-order valence-electron chi connectivity index (χ4n) is 2.77. The minimum absolute atomic E-state index is 0.0155. The van der Waals surface area contributed by atoms with E-state index in [0.717, 1.165) is 10.9 Å². The first-order valence-corrected chi connectivity index (χ1v) is 8.01. The molecular weight excluding hydrogens is 334 g/mol. The van der Waals surface area contributed by atoms with Crippen molar-refractivity contribution in [3.05, 3.63) is 79.6 Å². The van der Waals surface area contributed by atoms with Crippen LogP contribution in [0, 0.1) is 24.0 Å². The molecule has 1 amide bonds. The van der Waals surface area contributed by atoms with Crippen LogP contribution in [0.15, 0.2) is 47.3 Å². The summed E-state index contributed by atoms with van der Waals surface area (Å²) in [6.07, 6.45) is 0.0967. The number of rotatable bonds is 4. The zero-order chi connectivity index (χ0) is 18.8. The largest absolute Gasteiger partial charge is 0.326 e. The highest BCUT2D eigenvalue weighted by Gasteiger charge is 2.10. The van der Waals surface area contributed by atoms with Gasteiger partial charge in [0.2, 0.25) is 5.91 Å². The lowest BCUT2D eigenvalue weighted by molar-refractivity contribution is -0.384. The van der Waals surface area contributed by atoms with E-state index in [4.69, 9.17) is 0 Å². The molecular formula is C19H17N3O4. The van der Waals surface area contributed by atoms with Gasteiger partial charge in [0.15, 0.2) is 0 Å². The molecule has 26 heavy (non-hydrogen) atoms. The number of aromatic amines is 1. The lowest BCUT2D eigenvalue weighted by Crippen LogP contribution is -2.15. The smallest absolute Gasteiger partial charge is 0.269 e. The molecule has 0 atom stereocenters. The number of non-ortho nitro benzene ring substituents is 1. The van der Waals surface area contributed by atoms with Crippen LogP contribution < -0.4 is 10.9 Å². The third-order valence-electron chi connectivity index (χ3n) is 4.37. The second-order valence-corrected chi connectivity index (χ2v) is 6.11. The third-order valence-corrected chi connectivity index (χ3v) is 4.37. The van der Waals surface area contributed by atoms with Gasteiger partial charge in [-0.1, -0.05) is 18.2 Å². The summed E-state index contributed by atoms with van der Waals surface area (Å²) in [5.41, 5.74) is 3.32. The summed E-state index contributed by atoms with van der Waals surface area (Å²) in [6, 6.07) is 11.2. The van der Waals surface area contributed by atoms with E-state index in [2.05, 4.69) is 10.3 Å². The Balaban J connectivity index is 1.77. The van der Waals surface area contributed by atoms with Crippen molar-refractivity contribution in [3.63, 3.8) is 0 Å². The average Bonchev–Trinajstić information content (AvgIpc) is 2.60. The average molecular weight is 351 g/mol. The third kappa shape index (κ3) is 3.46. The van der Waals surface area contributed by atoms with E-state index in [1.54, 1.807) is 31.2 Å². The highest BCUT2D eigenvalue weighted by molar-refractivity contribution is 5.95. The molecule has 132 valence electrons. The molecule has 7 nitrogen and oxygen atoms in total. The maximum atomic E-state index is 12.2. The summed E-state index contributed by atoms with van der Waals surface area (Å²) in [5, 5.41) is 14.4. The van der Waals surface area contributed by atoms with Gasteiger partial charge < -0.3 is 10.3 Å². The van der Waals surface area contributed by atoms with Crippen molar-refractivity contribution in [1.82, 2.24) is 4.98 Å². The number of aryl methyl sites for hydroxylation is 1. The molecule has 0 aliphatic carbocycles. The van der Waals surface area contributed by atoms with E-state index >= 15 is 0 Å². The van der Waals surface area contributed by atoms with Crippen LogP contribution >= 0.6 is 0 Å². The monoisotopic (exact) mass is 351 g/mol. The molecule has 0 saturated heterocycles. The van der Waals surface area contributed by atoms with Crippen molar-refractivity contribution >= 4 is 28.2 Å². The predicted molar refractivity (Wildman–Crippen MR) is 99.5 cm³/mol. The summed E-state index contributed by atoms with van der Waals surface area (Å²) >= 11 is 0. The Morgan fingerprint density at radius 2 is 1.81 bits per heavy atom. The van der Waals surface area contributed by atoms with E-state index < -0.39 is 4.92 Å². The van der Waals surface area contributed by atoms with Crippen LogP contribution in [0.5, 0.6) is 0 Å². The SMILES string of the molecule is Cc1c(C)c2ccc(NC(=O)Cc3ccc([N+](=O)[O-])cc3)cc2[nH]c1=O. The number of amides is 1. The quantitative estimate of drug-likeness (QED) is 0.556. The van der Waals surface area contributed by atoms with Crippen LogP contribution in [0.3, 0.4) is 0 Å². The highest BCUT2D eigenvalue weighted by atomic mass is 16.6. The summed E-state index contributed by atoms with van der Waals surface area (Å²) < 4.78 is 0. The van der Waals surface area contributed by atoms with Gasteiger partial charge in [-0.2, -0.15) is 0 Å². The van der Waals surface area contributed by atoms with E-state index in [9.17, 15) is 19.7 Å². The first-order valence-electron chi connectivity index (χ1n) is 8.01. The number of fused-ring (bicyclic) bond motifs is 1. The summed E-state index contributed by atoms with van der Waals surface area (Å²) in [5.74, 6) is -0.246. The lowest BCUT2D eigenvalue weighted by Gasteiger charge is -2.09. The fraction of sp³-hybridized carbons (Fsp3) is 0.158. The molecule has 0 spiro atoms. The first-order chi connectivity index (χ1) is 12.3. The van der Waals surface area contributed by atoms with E-state index in [1.807, 2.05) is 13.0 Å². The Bertz CT molecular complexity index is 1070. The molecule has 2 N–H and O–H groups in total. The Kier molecular flexibility index (Phi) is 4.53. The number of benzene rings is 2. The molecule has 1 heterocycles. The van der Waals surface area contributed by atoms with Crippen molar-refractivity contribution in [2.24, 2.45) is 0 Å². The number of anilines is 1. The van der Waals surface area contributed by atoms with Crippen molar-refractivity contribution in [1.29, 1.82) is 0 Å². The van der Waals surface area contributed by atoms with Crippen LogP contribution in [0.25, 0.3) is 10.9 Å². The molecule has 0 radical (unpaired) electrons. The molecule has 3 aromatic rings. The van der Waals surface area contributed by atoms with Crippen molar-refractivity contribution < 1.29 is 9.72 Å². The van der Waals surface area contributed by atoms with E-state index in [-0.39, 0.29) is 23.6 Å². The fourth-order valence-corrected chi connectivity index (χ4v) is 2.77. The van der Waals surface area contributed by atoms with Crippen molar-refractivity contribution in [2.75, 3.05) is 5.32 Å². The summed E-state index contributed by atoms with van der Waals surface area (Å²) in [6.45, 7) is 3.66. The molecule has 1 aromatic heterocycles. The number of hydrogen-bond acceptors (Lipinski definition) is 4. The van der Waals surface area contributed by atoms with Gasteiger partial charge in [-0.25, -0.2) is 0 Å². The number of hydrogen-bond donors (Lipinski definition) is 2. The number of carbonyl (C=O) groups excluding carboxylic acids is 1. The molecule has 0 aliphatic heterocycles. The molecule has 0 bridgehead atoms. The molecule has 3 rings (SSSR count). The molecule has 0 aliphatic rings. The summed E-state index contributed by atoms with van der Waals surface area (Å²) in [4.78, 5) is 37.1. The Morgan fingerprint density at radius 3 is 2.46 bits per heavy atom. The van der Waals surface area contributed by atoms with Crippen LogP contribution in [0.4, 0.5) is 11.4 Å². The number of nitro benzene ring substituents is 1. The number of nitro groups is 1. The van der Waals surface area contributed by atoms with Gasteiger partial charge >= 0.3 is 0 Å². The minimum atomic E-state index is -0.483. The number of nitrogens with zero attached hydrogens (tertiary/aromatic N) is 1. The second kappa shape index (κ2) is 6.79. The standard InChI is InChI=1S/C19H17N3O4/c1-11-12(2)19(24)21-17-10-14(5-8-16(11)17)20-18(23)9-13-3-6-15(7-4-13)22(25)26/h3-8,10H,9H2,1-2H3,(H,20,23)(H,21,24). The Hall–Kier alpha value is -3.48. The van der Waals surface area contributed by atoms with E-state index in [1.165, 1.54) is 12.1 Å². The maximum Gasteiger partial charge on any atom is 0.269 e. The molecule has 7 heteroatoms. The van der Waals surface area contributed by atoms with Gasteiger partial charge in [-0.3, -0.25) is 19.7 Å². The number of H-pyrrole nitrogens is 1. The molecule has 0 unspecified atom stereocenters. The predicted octanol–water partition coefficient (Wildman–Crippen LogP) is 3.23. The van der Waals surface area contributed by atoms with Gasteiger partial charge in [0.1, 0.15) is 0 Å². The Labute approximate surface area is 148 Å². The zero-order valence-electron chi connectivity index (χ0n) is 14.3. The highest BCUT2D eigenvalue weighted by Crippen LogP contribution is 2.21. The maximum absolute atomic E-state index is 12.2. The second-order valence-electron chi connectivity index (χ2n) is 6.11. The minimum Gasteiger partial charge on any atom is -0.326 e. The topological polar surface area (TPSA) is 105 Å². The van der Waals surface area contributed by atoms with Gasteiger partial charge in [-0.05, 0) is 37.1 Å². The van der Waals surface area contributed by atoms with Crippen LogP contribution in [0.2, 0.25) is 0 Å². The van der Waals surface area contributed by atoms with Crippen LogP contribution in [-0.2, 0) is 11.2 Å². The van der Waals surface area contributed by atoms with Gasteiger partial charge in [-0.15, -0.1) is 0 Å².